The number of aromatic nitrogens is 2. The lowest BCUT2D eigenvalue weighted by molar-refractivity contribution is 0.226. The van der Waals surface area contributed by atoms with E-state index < -0.39 is 0 Å². The molecule has 6 nitrogen and oxygen atoms in total. The highest BCUT2D eigenvalue weighted by Crippen LogP contribution is 2.37. The predicted molar refractivity (Wildman–Crippen MR) is 81.4 cm³/mol. The van der Waals surface area contributed by atoms with Gasteiger partial charge in [0.25, 0.3) is 5.89 Å². The molecule has 0 aliphatic heterocycles. The fourth-order valence-corrected chi connectivity index (χ4v) is 2.47. The zero-order chi connectivity index (χ0) is 15.2. The number of nitrogens with one attached hydrogen (secondary N) is 1. The van der Waals surface area contributed by atoms with Gasteiger partial charge in [0.1, 0.15) is 0 Å². The van der Waals surface area contributed by atoms with Gasteiger partial charge in [0.2, 0.25) is 0 Å². The van der Waals surface area contributed by atoms with Gasteiger partial charge in [-0.05, 0) is 54.5 Å². The maximum Gasteiger partial charge on any atom is 0.264 e. The molecule has 0 aliphatic rings. The van der Waals surface area contributed by atoms with E-state index in [2.05, 4.69) is 31.4 Å². The van der Waals surface area contributed by atoms with Crippen molar-refractivity contribution < 1.29 is 14.0 Å². The van der Waals surface area contributed by atoms with E-state index in [-0.39, 0.29) is 6.61 Å². The fraction of sp³-hybridized carbons (Fsp3) is 0.429. The first-order chi connectivity index (χ1) is 10.1. The smallest absolute Gasteiger partial charge is 0.264 e. The van der Waals surface area contributed by atoms with Gasteiger partial charge in [-0.2, -0.15) is 4.98 Å². The van der Waals surface area contributed by atoms with Crippen LogP contribution < -0.4 is 14.8 Å². The Labute approximate surface area is 132 Å². The van der Waals surface area contributed by atoms with Crippen molar-refractivity contribution in [1.82, 2.24) is 15.5 Å². The number of hydrogen-bond donors (Lipinski definition) is 1. The highest BCUT2D eigenvalue weighted by molar-refractivity contribution is 9.10. The zero-order valence-electron chi connectivity index (χ0n) is 12.3. The molecule has 1 aromatic carbocycles. The Morgan fingerprint density at radius 2 is 2.14 bits per heavy atom. The molecule has 0 radical (unpaired) electrons. The van der Waals surface area contributed by atoms with Crippen LogP contribution in [0.15, 0.2) is 21.1 Å². The van der Waals surface area contributed by atoms with Crippen LogP contribution in [0.25, 0.3) is 0 Å². The van der Waals surface area contributed by atoms with E-state index in [0.29, 0.717) is 29.8 Å². The Morgan fingerprint density at radius 1 is 1.33 bits per heavy atom. The molecule has 2 aromatic rings. The van der Waals surface area contributed by atoms with Crippen molar-refractivity contribution >= 4 is 15.9 Å². The molecular weight excluding hydrogens is 338 g/mol. The molecule has 7 heteroatoms. The summed E-state index contributed by atoms with van der Waals surface area (Å²) in [6.45, 7) is 5.21. The van der Waals surface area contributed by atoms with Crippen molar-refractivity contribution in [2.75, 3.05) is 13.7 Å². The summed E-state index contributed by atoms with van der Waals surface area (Å²) < 4.78 is 17.3. The average molecular weight is 356 g/mol. The Morgan fingerprint density at radius 3 is 2.76 bits per heavy atom. The van der Waals surface area contributed by atoms with Gasteiger partial charge >= 0.3 is 0 Å². The molecule has 2 rings (SSSR count). The van der Waals surface area contributed by atoms with Crippen LogP contribution in [0.3, 0.4) is 0 Å². The van der Waals surface area contributed by atoms with E-state index in [0.717, 1.165) is 16.6 Å². The van der Waals surface area contributed by atoms with Crippen LogP contribution in [-0.4, -0.2) is 23.8 Å². The lowest BCUT2D eigenvalue weighted by Gasteiger charge is -2.14. The van der Waals surface area contributed by atoms with Gasteiger partial charge in [0.05, 0.1) is 11.1 Å². The van der Waals surface area contributed by atoms with Gasteiger partial charge < -0.3 is 19.3 Å². The summed E-state index contributed by atoms with van der Waals surface area (Å²) in [5.74, 6) is 2.34. The standard InChI is InChI=1S/C14H18BrN3O3/c1-4-19-12-6-10(7-16-3)5-11(15)14(12)20-8-13-17-9(2)18-21-13/h5-6,16H,4,7-8H2,1-3H3. The number of aryl methyl sites for hydroxylation is 1. The van der Waals surface area contributed by atoms with E-state index in [1.165, 1.54) is 0 Å². The van der Waals surface area contributed by atoms with Gasteiger partial charge in [-0.3, -0.25) is 0 Å². The monoisotopic (exact) mass is 355 g/mol. The molecule has 0 bridgehead atoms. The molecule has 1 heterocycles. The van der Waals surface area contributed by atoms with Crippen molar-refractivity contribution in [2.45, 2.75) is 27.0 Å². The number of rotatable bonds is 7. The molecule has 1 N–H and O–H groups in total. The topological polar surface area (TPSA) is 69.4 Å². The number of nitrogens with zero attached hydrogens (tertiary/aromatic N) is 2. The lowest BCUT2D eigenvalue weighted by Crippen LogP contribution is -2.07. The fourth-order valence-electron chi connectivity index (χ4n) is 1.86. The summed E-state index contributed by atoms with van der Waals surface area (Å²) in [5, 5.41) is 6.84. The molecule has 0 atom stereocenters. The summed E-state index contributed by atoms with van der Waals surface area (Å²) in [5.41, 5.74) is 1.11. The van der Waals surface area contributed by atoms with E-state index >= 15 is 0 Å². The van der Waals surface area contributed by atoms with Crippen LogP contribution in [0.5, 0.6) is 11.5 Å². The molecule has 0 saturated heterocycles. The van der Waals surface area contributed by atoms with Crippen LogP contribution >= 0.6 is 15.9 Å². The largest absolute Gasteiger partial charge is 0.490 e. The highest BCUT2D eigenvalue weighted by atomic mass is 79.9. The highest BCUT2D eigenvalue weighted by Gasteiger charge is 2.14. The summed E-state index contributed by atoms with van der Waals surface area (Å²) >= 11 is 3.52. The summed E-state index contributed by atoms with van der Waals surface area (Å²) in [7, 11) is 1.90. The molecule has 0 saturated carbocycles. The minimum Gasteiger partial charge on any atom is -0.490 e. The minimum absolute atomic E-state index is 0.199. The molecule has 1 aromatic heterocycles. The first kappa shape index (κ1) is 15.8. The van der Waals surface area contributed by atoms with Gasteiger partial charge in [-0.1, -0.05) is 5.16 Å². The molecule has 0 fully saturated rings. The van der Waals surface area contributed by atoms with Crippen LogP contribution in [0, 0.1) is 6.92 Å². The maximum atomic E-state index is 5.76. The summed E-state index contributed by atoms with van der Waals surface area (Å²) in [4.78, 5) is 4.11. The van der Waals surface area contributed by atoms with Crippen LogP contribution in [0.4, 0.5) is 0 Å². The number of ether oxygens (including phenoxy) is 2. The van der Waals surface area contributed by atoms with E-state index in [4.69, 9.17) is 14.0 Å². The van der Waals surface area contributed by atoms with Crippen LogP contribution in [-0.2, 0) is 13.2 Å². The Hall–Kier alpha value is -1.60. The Balaban J connectivity index is 2.19. The van der Waals surface area contributed by atoms with Crippen molar-refractivity contribution in [1.29, 1.82) is 0 Å². The quantitative estimate of drug-likeness (QED) is 0.823. The summed E-state index contributed by atoms with van der Waals surface area (Å²) in [6, 6.07) is 3.95. The number of benzene rings is 1. The van der Waals surface area contributed by atoms with Crippen molar-refractivity contribution in [2.24, 2.45) is 0 Å². The molecular formula is C14H18BrN3O3. The first-order valence-corrected chi connectivity index (χ1v) is 7.45. The molecule has 0 aliphatic carbocycles. The van der Waals surface area contributed by atoms with Crippen molar-refractivity contribution in [3.63, 3.8) is 0 Å². The second kappa shape index (κ2) is 7.42. The molecule has 0 amide bonds. The summed E-state index contributed by atoms with van der Waals surface area (Å²) in [6.07, 6.45) is 0. The minimum atomic E-state index is 0.199. The van der Waals surface area contributed by atoms with Crippen LogP contribution in [0.2, 0.25) is 0 Å². The first-order valence-electron chi connectivity index (χ1n) is 6.65. The van der Waals surface area contributed by atoms with Gasteiger partial charge in [0, 0.05) is 6.54 Å². The van der Waals surface area contributed by atoms with E-state index in [1.54, 1.807) is 6.92 Å². The van der Waals surface area contributed by atoms with Gasteiger partial charge in [-0.15, -0.1) is 0 Å². The van der Waals surface area contributed by atoms with Crippen LogP contribution in [0.1, 0.15) is 24.2 Å². The molecule has 114 valence electrons. The molecule has 0 unspecified atom stereocenters. The van der Waals surface area contributed by atoms with E-state index in [9.17, 15) is 0 Å². The average Bonchev–Trinajstić information content (AvgIpc) is 2.84. The lowest BCUT2D eigenvalue weighted by atomic mass is 10.2. The Bertz CT molecular complexity index is 601. The zero-order valence-corrected chi connectivity index (χ0v) is 13.9. The molecule has 21 heavy (non-hydrogen) atoms. The van der Waals surface area contributed by atoms with Crippen molar-refractivity contribution in [3.05, 3.63) is 33.9 Å². The number of hydrogen-bond acceptors (Lipinski definition) is 6. The third-order valence-electron chi connectivity index (χ3n) is 2.66. The normalized spacial score (nSPS) is 10.7. The Kier molecular flexibility index (Phi) is 5.58. The van der Waals surface area contributed by atoms with Gasteiger partial charge in [0.15, 0.2) is 23.9 Å². The molecule has 0 spiro atoms. The number of halogens is 1. The second-order valence-corrected chi connectivity index (χ2v) is 5.25. The van der Waals surface area contributed by atoms with Gasteiger partial charge in [-0.25, -0.2) is 0 Å². The third-order valence-corrected chi connectivity index (χ3v) is 3.25. The maximum absolute atomic E-state index is 5.76. The predicted octanol–water partition coefficient (Wildman–Crippen LogP) is 2.84. The SMILES string of the molecule is CCOc1cc(CNC)cc(Br)c1OCc1nc(C)no1. The third kappa shape index (κ3) is 4.18. The van der Waals surface area contributed by atoms with Crippen molar-refractivity contribution in [3.8, 4) is 11.5 Å². The van der Waals surface area contributed by atoms with E-state index in [1.807, 2.05) is 26.1 Å². The second-order valence-electron chi connectivity index (χ2n) is 4.39.